The molecule has 1 fully saturated rings. The van der Waals surface area contributed by atoms with E-state index in [1.807, 2.05) is 27.7 Å². The average molecular weight is 304 g/mol. The van der Waals surface area contributed by atoms with E-state index in [0.717, 1.165) is 0 Å². The van der Waals surface area contributed by atoms with Crippen LogP contribution in [0.1, 0.15) is 34.1 Å². The number of aliphatic hydroxyl groups is 4. The van der Waals surface area contributed by atoms with Crippen molar-refractivity contribution in [2.24, 2.45) is 5.41 Å². The van der Waals surface area contributed by atoms with Crippen molar-refractivity contribution in [3.8, 4) is 0 Å². The van der Waals surface area contributed by atoms with Gasteiger partial charge in [-0.25, -0.2) is 0 Å². The van der Waals surface area contributed by atoms with Crippen molar-refractivity contribution in [3.05, 3.63) is 12.2 Å². The Hall–Kier alpha value is -0.500. The van der Waals surface area contributed by atoms with Crippen LogP contribution in [0.2, 0.25) is 0 Å². The first-order valence-corrected chi connectivity index (χ1v) is 7.34. The Labute approximate surface area is 126 Å². The average Bonchev–Trinajstić information content (AvgIpc) is 2.41. The van der Waals surface area contributed by atoms with E-state index in [9.17, 15) is 20.4 Å². The summed E-state index contributed by atoms with van der Waals surface area (Å²) in [6, 6.07) is 0. The lowest BCUT2D eigenvalue weighted by Gasteiger charge is -2.36. The van der Waals surface area contributed by atoms with Gasteiger partial charge >= 0.3 is 0 Å². The van der Waals surface area contributed by atoms with Gasteiger partial charge in [0, 0.05) is 0 Å². The molecule has 1 saturated heterocycles. The smallest absolute Gasteiger partial charge is 0.186 e. The molecule has 0 aromatic heterocycles. The van der Waals surface area contributed by atoms with Crippen LogP contribution in [0.15, 0.2) is 12.2 Å². The highest BCUT2D eigenvalue weighted by Crippen LogP contribution is 2.22. The zero-order chi connectivity index (χ0) is 16.2. The van der Waals surface area contributed by atoms with Crippen molar-refractivity contribution in [2.75, 3.05) is 6.61 Å². The topological polar surface area (TPSA) is 99.4 Å². The van der Waals surface area contributed by atoms with Gasteiger partial charge in [0.1, 0.15) is 18.3 Å². The Morgan fingerprint density at radius 1 is 1.19 bits per heavy atom. The van der Waals surface area contributed by atoms with Crippen LogP contribution in [0.3, 0.4) is 0 Å². The Morgan fingerprint density at radius 3 is 2.33 bits per heavy atom. The van der Waals surface area contributed by atoms with Crippen LogP contribution in [0.25, 0.3) is 0 Å². The molecule has 0 radical (unpaired) electrons. The molecule has 0 aliphatic carbocycles. The van der Waals surface area contributed by atoms with Gasteiger partial charge in [0.15, 0.2) is 6.29 Å². The molecule has 6 heteroatoms. The van der Waals surface area contributed by atoms with Crippen molar-refractivity contribution < 1.29 is 29.9 Å². The first kappa shape index (κ1) is 18.5. The summed E-state index contributed by atoms with van der Waals surface area (Å²) in [5, 5.41) is 38.8. The minimum atomic E-state index is -1.30. The molecule has 1 aliphatic heterocycles. The van der Waals surface area contributed by atoms with Crippen LogP contribution in [0.5, 0.6) is 0 Å². The highest BCUT2D eigenvalue weighted by molar-refractivity contribution is 4.98. The summed E-state index contributed by atoms with van der Waals surface area (Å²) in [7, 11) is 0. The van der Waals surface area contributed by atoms with Crippen LogP contribution in [-0.2, 0) is 9.47 Å². The summed E-state index contributed by atoms with van der Waals surface area (Å²) < 4.78 is 10.8. The van der Waals surface area contributed by atoms with Crippen LogP contribution in [-0.4, -0.2) is 63.8 Å². The van der Waals surface area contributed by atoms with Gasteiger partial charge in [-0.2, -0.15) is 0 Å². The van der Waals surface area contributed by atoms with Gasteiger partial charge < -0.3 is 29.9 Å². The number of hydrogen-bond acceptors (Lipinski definition) is 6. The van der Waals surface area contributed by atoms with Crippen molar-refractivity contribution in [1.82, 2.24) is 0 Å². The maximum absolute atomic E-state index is 9.97. The first-order chi connectivity index (χ1) is 9.66. The van der Waals surface area contributed by atoms with Crippen molar-refractivity contribution >= 4 is 0 Å². The van der Waals surface area contributed by atoms with E-state index < -0.39 is 30.7 Å². The van der Waals surface area contributed by atoms with Crippen LogP contribution < -0.4 is 0 Å². The van der Waals surface area contributed by atoms with Crippen LogP contribution in [0, 0.1) is 5.41 Å². The third-order valence-electron chi connectivity index (χ3n) is 3.56. The minimum Gasteiger partial charge on any atom is -0.388 e. The third kappa shape index (κ3) is 5.32. The van der Waals surface area contributed by atoms with Crippen molar-refractivity contribution in [3.63, 3.8) is 0 Å². The highest BCUT2D eigenvalue weighted by atomic mass is 16.7. The summed E-state index contributed by atoms with van der Waals surface area (Å²) >= 11 is 0. The molecular formula is C15H28O6. The molecule has 4 N–H and O–H groups in total. The minimum absolute atomic E-state index is 0.0896. The normalized spacial score (nSPS) is 34.1. The number of aliphatic hydroxyl groups excluding tert-OH is 4. The molecule has 1 heterocycles. The van der Waals surface area contributed by atoms with Gasteiger partial charge in [-0.15, -0.1) is 0 Å². The number of hydrogen-bond donors (Lipinski definition) is 4. The second kappa shape index (κ2) is 7.67. The van der Waals surface area contributed by atoms with Crippen molar-refractivity contribution in [1.29, 1.82) is 0 Å². The molecule has 6 atom stereocenters. The molecule has 1 rings (SSSR count). The number of ether oxygens (including phenoxy) is 2. The fourth-order valence-electron chi connectivity index (χ4n) is 1.87. The third-order valence-corrected chi connectivity index (χ3v) is 3.56. The molecule has 0 saturated carbocycles. The molecule has 1 aliphatic rings. The van der Waals surface area contributed by atoms with E-state index in [-0.39, 0.29) is 18.1 Å². The zero-order valence-corrected chi connectivity index (χ0v) is 13.1. The van der Waals surface area contributed by atoms with Gasteiger partial charge in [-0.3, -0.25) is 0 Å². The lowest BCUT2D eigenvalue weighted by molar-refractivity contribution is -0.277. The summed E-state index contributed by atoms with van der Waals surface area (Å²) in [6.45, 7) is 7.59. The largest absolute Gasteiger partial charge is 0.388 e. The molecule has 0 aromatic rings. The summed E-state index contributed by atoms with van der Waals surface area (Å²) in [6.07, 6.45) is -1.66. The fourth-order valence-corrected chi connectivity index (χ4v) is 1.87. The standard InChI is InChI=1S/C15H28O6/c1-5-9(6-7-11(17)15(2,3)4)21-14-13(19)12(18)10(16)8-20-14/h6-7,9-14,16-19H,5,8H2,1-4H3/b7-6+/t9-,10+,11+,12?,13?,14-/m0/s1. The summed E-state index contributed by atoms with van der Waals surface area (Å²) in [4.78, 5) is 0. The Kier molecular flexibility index (Phi) is 6.77. The predicted octanol–water partition coefficient (Wildman–Crippen LogP) is 0.184. The summed E-state index contributed by atoms with van der Waals surface area (Å²) in [5.41, 5.74) is -0.268. The lowest BCUT2D eigenvalue weighted by Crippen LogP contribution is -2.54. The number of rotatable bonds is 5. The molecule has 2 unspecified atom stereocenters. The van der Waals surface area contributed by atoms with Gasteiger partial charge in [0.2, 0.25) is 0 Å². The van der Waals surface area contributed by atoms with E-state index >= 15 is 0 Å². The highest BCUT2D eigenvalue weighted by Gasteiger charge is 2.38. The van der Waals surface area contributed by atoms with Gasteiger partial charge in [-0.1, -0.05) is 39.8 Å². The Bertz CT molecular complexity index is 338. The first-order valence-electron chi connectivity index (χ1n) is 7.34. The SMILES string of the molecule is CC[C@@H](/C=C/[C@@H](O)C(C)(C)C)O[C@@H]1OC[C@@H](O)C(O)C1O. The van der Waals surface area contributed by atoms with E-state index in [1.165, 1.54) is 0 Å². The van der Waals surface area contributed by atoms with Gasteiger partial charge in [0.05, 0.1) is 18.8 Å². The molecule has 0 amide bonds. The van der Waals surface area contributed by atoms with E-state index in [1.54, 1.807) is 12.2 Å². The second-order valence-electron chi connectivity index (χ2n) is 6.53. The fraction of sp³-hybridized carbons (Fsp3) is 0.867. The maximum atomic E-state index is 9.97. The molecular weight excluding hydrogens is 276 g/mol. The van der Waals surface area contributed by atoms with E-state index in [0.29, 0.717) is 6.42 Å². The van der Waals surface area contributed by atoms with Crippen LogP contribution in [0.4, 0.5) is 0 Å². The molecule has 124 valence electrons. The second-order valence-corrected chi connectivity index (χ2v) is 6.53. The molecule has 0 aromatic carbocycles. The monoisotopic (exact) mass is 304 g/mol. The molecule has 21 heavy (non-hydrogen) atoms. The Balaban J connectivity index is 2.60. The van der Waals surface area contributed by atoms with E-state index in [2.05, 4.69) is 0 Å². The summed E-state index contributed by atoms with van der Waals surface area (Å²) in [5.74, 6) is 0. The quantitative estimate of drug-likeness (QED) is 0.541. The van der Waals surface area contributed by atoms with Crippen molar-refractivity contribution in [2.45, 2.75) is 70.9 Å². The molecule has 6 nitrogen and oxygen atoms in total. The van der Waals surface area contributed by atoms with Crippen LogP contribution >= 0.6 is 0 Å². The predicted molar refractivity (Wildman–Crippen MR) is 77.5 cm³/mol. The van der Waals surface area contributed by atoms with Gasteiger partial charge in [0.25, 0.3) is 0 Å². The Morgan fingerprint density at radius 2 is 1.81 bits per heavy atom. The maximum Gasteiger partial charge on any atom is 0.186 e. The van der Waals surface area contributed by atoms with E-state index in [4.69, 9.17) is 9.47 Å². The zero-order valence-electron chi connectivity index (χ0n) is 13.1. The lowest BCUT2D eigenvalue weighted by atomic mass is 9.89. The molecule has 0 bridgehead atoms. The van der Waals surface area contributed by atoms with Gasteiger partial charge in [-0.05, 0) is 11.8 Å². The molecule has 0 spiro atoms.